The molecule has 1 atom stereocenters. The zero-order chi connectivity index (χ0) is 23.4. The van der Waals surface area contributed by atoms with Gasteiger partial charge < -0.3 is 15.0 Å². The number of benzene rings is 1. The summed E-state index contributed by atoms with van der Waals surface area (Å²) < 4.78 is 45.1. The van der Waals surface area contributed by atoms with Gasteiger partial charge in [0.25, 0.3) is 0 Å². The number of alkyl halides is 3. The second kappa shape index (κ2) is 9.94. The highest BCUT2D eigenvalue weighted by molar-refractivity contribution is 5.92. The van der Waals surface area contributed by atoms with Crippen LogP contribution in [0.15, 0.2) is 36.5 Å². The van der Waals surface area contributed by atoms with Gasteiger partial charge in [0.15, 0.2) is 0 Å². The molecule has 0 saturated carbocycles. The van der Waals surface area contributed by atoms with Crippen molar-refractivity contribution in [2.75, 3.05) is 37.6 Å². The topological polar surface area (TPSA) is 57.7 Å². The molecule has 32 heavy (non-hydrogen) atoms. The largest absolute Gasteiger partial charge is 0.444 e. The number of carbonyl (C=O) groups is 1. The molecular formula is C23H31F3N4O2. The van der Waals surface area contributed by atoms with Crippen LogP contribution in [0.3, 0.4) is 0 Å². The monoisotopic (exact) mass is 452 g/mol. The van der Waals surface area contributed by atoms with E-state index in [1.165, 1.54) is 0 Å². The van der Waals surface area contributed by atoms with Gasteiger partial charge >= 0.3 is 12.3 Å². The molecule has 0 bridgehead atoms. The molecule has 9 heteroatoms. The Balaban J connectivity index is 1.62. The first-order valence-corrected chi connectivity index (χ1v) is 10.9. The van der Waals surface area contributed by atoms with Crippen LogP contribution in [0.25, 0.3) is 10.8 Å². The molecule has 1 aromatic carbocycles. The number of alkyl carbamates (subject to hydrolysis) is 1. The fraction of sp³-hybridized carbons (Fsp3) is 0.565. The van der Waals surface area contributed by atoms with E-state index < -0.39 is 30.3 Å². The van der Waals surface area contributed by atoms with Gasteiger partial charge in [-0.25, -0.2) is 9.78 Å². The molecule has 1 unspecified atom stereocenters. The van der Waals surface area contributed by atoms with E-state index in [2.05, 4.69) is 10.3 Å². The van der Waals surface area contributed by atoms with Crippen LogP contribution < -0.4 is 10.2 Å². The van der Waals surface area contributed by atoms with Gasteiger partial charge in [0, 0.05) is 50.3 Å². The van der Waals surface area contributed by atoms with Crippen molar-refractivity contribution in [2.45, 2.75) is 51.4 Å². The zero-order valence-electron chi connectivity index (χ0n) is 18.8. The molecule has 1 aromatic heterocycles. The molecule has 1 N–H and O–H groups in total. The summed E-state index contributed by atoms with van der Waals surface area (Å²) in [6, 6.07) is 8.99. The Morgan fingerprint density at radius 1 is 1.19 bits per heavy atom. The number of ether oxygens (including phenoxy) is 1. The summed E-state index contributed by atoms with van der Waals surface area (Å²) in [5.41, 5.74) is -0.589. The number of nitrogens with zero attached hydrogens (tertiary/aromatic N) is 3. The molecule has 1 saturated heterocycles. The maximum atomic E-state index is 13.3. The lowest BCUT2D eigenvalue weighted by molar-refractivity contribution is -0.147. The number of amides is 1. The minimum atomic E-state index is -4.26. The maximum Gasteiger partial charge on any atom is 0.407 e. The van der Waals surface area contributed by atoms with E-state index in [0.29, 0.717) is 32.6 Å². The summed E-state index contributed by atoms with van der Waals surface area (Å²) in [5, 5.41) is 4.62. The van der Waals surface area contributed by atoms with Gasteiger partial charge in [-0.3, -0.25) is 4.90 Å². The van der Waals surface area contributed by atoms with Gasteiger partial charge in [0.05, 0.1) is 6.42 Å². The number of piperazine rings is 1. The van der Waals surface area contributed by atoms with Crippen LogP contribution in [0.1, 0.15) is 33.6 Å². The number of carbonyl (C=O) groups excluding carboxylic acids is 1. The van der Waals surface area contributed by atoms with Crippen molar-refractivity contribution in [2.24, 2.45) is 0 Å². The second-order valence-electron chi connectivity index (χ2n) is 9.09. The van der Waals surface area contributed by atoms with Gasteiger partial charge in [0.1, 0.15) is 11.4 Å². The van der Waals surface area contributed by atoms with Gasteiger partial charge in [-0.1, -0.05) is 24.3 Å². The molecule has 176 valence electrons. The number of pyridine rings is 1. The van der Waals surface area contributed by atoms with E-state index in [1.54, 1.807) is 27.0 Å². The lowest BCUT2D eigenvalue weighted by Crippen LogP contribution is -2.55. The Bertz CT molecular complexity index is 909. The summed E-state index contributed by atoms with van der Waals surface area (Å²) in [7, 11) is 0. The molecule has 0 radical (unpaired) electrons. The normalized spacial score (nSPS) is 18.1. The van der Waals surface area contributed by atoms with E-state index in [-0.39, 0.29) is 6.54 Å². The number of fused-ring (bicyclic) bond motifs is 1. The fourth-order valence-electron chi connectivity index (χ4n) is 3.98. The molecule has 1 aliphatic rings. The standard InChI is InChI=1S/C23H31F3N4O2/c1-22(2,3)32-21(31)28-10-6-12-29-13-14-30(16-18(29)15-23(24,25)26)20-19-8-5-4-7-17(19)9-11-27-20/h4-5,7-9,11,18H,6,10,12-16H2,1-3H3,(H,28,31). The first-order chi connectivity index (χ1) is 15.0. The summed E-state index contributed by atoms with van der Waals surface area (Å²) in [6.45, 7) is 7.48. The van der Waals surface area contributed by atoms with E-state index in [9.17, 15) is 18.0 Å². The SMILES string of the molecule is CC(C)(C)OC(=O)NCCCN1CCN(c2nccc3ccccc23)CC1CC(F)(F)F. The van der Waals surface area contributed by atoms with Crippen molar-refractivity contribution in [3.8, 4) is 0 Å². The summed E-state index contributed by atoms with van der Waals surface area (Å²) in [4.78, 5) is 20.1. The molecule has 2 heterocycles. The minimum Gasteiger partial charge on any atom is -0.444 e. The Morgan fingerprint density at radius 3 is 2.66 bits per heavy atom. The highest BCUT2D eigenvalue weighted by atomic mass is 19.4. The number of hydrogen-bond donors (Lipinski definition) is 1. The molecule has 0 spiro atoms. The molecule has 2 aromatic rings. The van der Waals surface area contributed by atoms with Gasteiger partial charge in [0.2, 0.25) is 0 Å². The highest BCUT2D eigenvalue weighted by Crippen LogP contribution is 2.30. The van der Waals surface area contributed by atoms with Gasteiger partial charge in [-0.2, -0.15) is 13.2 Å². The van der Waals surface area contributed by atoms with E-state index >= 15 is 0 Å². The lowest BCUT2D eigenvalue weighted by atomic mass is 10.1. The van der Waals surface area contributed by atoms with Gasteiger partial charge in [-0.15, -0.1) is 0 Å². The molecule has 1 fully saturated rings. The fourth-order valence-corrected chi connectivity index (χ4v) is 3.98. The smallest absolute Gasteiger partial charge is 0.407 e. The molecule has 1 amide bonds. The Labute approximate surface area is 186 Å². The number of anilines is 1. The minimum absolute atomic E-state index is 0.250. The predicted molar refractivity (Wildman–Crippen MR) is 119 cm³/mol. The quantitative estimate of drug-likeness (QED) is 0.650. The molecule has 3 rings (SSSR count). The van der Waals surface area contributed by atoms with Crippen molar-refractivity contribution in [1.82, 2.24) is 15.2 Å². The van der Waals surface area contributed by atoms with Crippen LogP contribution in [0.4, 0.5) is 23.8 Å². The van der Waals surface area contributed by atoms with Crippen molar-refractivity contribution in [3.63, 3.8) is 0 Å². The Morgan fingerprint density at radius 2 is 1.94 bits per heavy atom. The predicted octanol–water partition coefficient (Wildman–Crippen LogP) is 4.59. The van der Waals surface area contributed by atoms with Crippen molar-refractivity contribution in [1.29, 1.82) is 0 Å². The van der Waals surface area contributed by atoms with Crippen molar-refractivity contribution < 1.29 is 22.7 Å². The Hall–Kier alpha value is -2.55. The number of halogens is 3. The van der Waals surface area contributed by atoms with Crippen molar-refractivity contribution in [3.05, 3.63) is 36.5 Å². The van der Waals surface area contributed by atoms with Crippen LogP contribution in [0, 0.1) is 0 Å². The third-order valence-corrected chi connectivity index (χ3v) is 5.31. The summed E-state index contributed by atoms with van der Waals surface area (Å²) in [5.74, 6) is 0.724. The van der Waals surface area contributed by atoms with Crippen LogP contribution in [-0.4, -0.2) is 66.5 Å². The molecule has 6 nitrogen and oxygen atoms in total. The number of hydrogen-bond acceptors (Lipinski definition) is 5. The molecular weight excluding hydrogens is 421 g/mol. The second-order valence-corrected chi connectivity index (χ2v) is 9.09. The van der Waals surface area contributed by atoms with Crippen LogP contribution >= 0.6 is 0 Å². The number of rotatable bonds is 6. The third kappa shape index (κ3) is 6.98. The highest BCUT2D eigenvalue weighted by Gasteiger charge is 2.38. The van der Waals surface area contributed by atoms with Crippen LogP contribution in [0.5, 0.6) is 0 Å². The summed E-state index contributed by atoms with van der Waals surface area (Å²) in [6.07, 6.45) is -3.41. The number of aromatic nitrogens is 1. The third-order valence-electron chi connectivity index (χ3n) is 5.31. The lowest BCUT2D eigenvalue weighted by Gasteiger charge is -2.42. The van der Waals surface area contributed by atoms with E-state index in [0.717, 1.165) is 16.6 Å². The van der Waals surface area contributed by atoms with Crippen molar-refractivity contribution >= 4 is 22.7 Å². The number of nitrogens with one attached hydrogen (secondary N) is 1. The van der Waals surface area contributed by atoms with Gasteiger partial charge in [-0.05, 0) is 38.6 Å². The van der Waals surface area contributed by atoms with E-state index in [1.807, 2.05) is 40.1 Å². The maximum absolute atomic E-state index is 13.3. The average molecular weight is 453 g/mol. The first-order valence-electron chi connectivity index (χ1n) is 10.9. The van der Waals surface area contributed by atoms with Crippen LogP contribution in [0.2, 0.25) is 0 Å². The Kier molecular flexibility index (Phi) is 7.48. The first kappa shape index (κ1) is 24.1. The van der Waals surface area contributed by atoms with E-state index in [4.69, 9.17) is 4.74 Å². The van der Waals surface area contributed by atoms with Crippen LogP contribution in [-0.2, 0) is 4.74 Å². The summed E-state index contributed by atoms with van der Waals surface area (Å²) >= 11 is 0. The molecule has 1 aliphatic heterocycles. The zero-order valence-corrected chi connectivity index (χ0v) is 18.8. The molecule has 0 aliphatic carbocycles. The average Bonchev–Trinajstić information content (AvgIpc) is 2.69.